The maximum absolute atomic E-state index is 13.9. The van der Waals surface area contributed by atoms with Gasteiger partial charge < -0.3 is 0 Å². The summed E-state index contributed by atoms with van der Waals surface area (Å²) in [5.41, 5.74) is -7.42. The van der Waals surface area contributed by atoms with Gasteiger partial charge in [0.25, 0.3) is 0 Å². The number of hydrogen-bond acceptors (Lipinski definition) is 9. The second-order valence-electron chi connectivity index (χ2n) is 13.1. The molecule has 1 saturated heterocycles. The van der Waals surface area contributed by atoms with E-state index in [1.54, 1.807) is 41.5 Å². The average molecular weight is 923 g/mol. The van der Waals surface area contributed by atoms with Gasteiger partial charge in [-0.1, -0.05) is 0 Å². The molecule has 0 bridgehead atoms. The van der Waals surface area contributed by atoms with E-state index in [0.29, 0.717) is 5.75 Å². The third-order valence-corrected chi connectivity index (χ3v) is 14.9. The summed E-state index contributed by atoms with van der Waals surface area (Å²) >= 11 is -0.618. The summed E-state index contributed by atoms with van der Waals surface area (Å²) in [6.45, 7) is 9.15. The Bertz CT molecular complexity index is 1740. The standard InChI is InChI=1S/C31H40BrF3IN5O9S/c1-29(2,3)48-26(42)37-25(40-18-38(7)27(43)39(8)19-40)41(28(44)49-30(4,5)6)17-20-10-15-23(32)24(16-20)36(50-51(45,46)31(33,34)35)21-11-13-22(47-9)14-12-21/h10-16H,17-19H2,1-9H3. The Kier molecular flexibility index (Phi) is 13.3. The first kappa shape index (κ1) is 42.0. The second kappa shape index (κ2) is 16.1. The number of aliphatic imine (C=N–C) groups is 1. The Morgan fingerprint density at radius 3 is 1.98 bits per heavy atom. The van der Waals surface area contributed by atoms with E-state index in [-0.39, 0.29) is 49.0 Å². The van der Waals surface area contributed by atoms with Crippen LogP contribution in [0.5, 0.6) is 5.75 Å². The first-order valence-corrected chi connectivity index (χ1v) is 20.2. The van der Waals surface area contributed by atoms with Crippen LogP contribution in [-0.2, 0) is 28.6 Å². The predicted octanol–water partition coefficient (Wildman–Crippen LogP) is 7.03. The number of methoxy groups -OCH3 is 1. The topological polar surface area (TPSA) is 148 Å². The number of urea groups is 1. The third-order valence-electron chi connectivity index (χ3n) is 6.33. The van der Waals surface area contributed by atoms with E-state index in [4.69, 9.17) is 16.7 Å². The monoisotopic (exact) mass is 921 g/mol. The molecule has 20 heteroatoms. The van der Waals surface area contributed by atoms with E-state index < -0.39 is 59.2 Å². The Labute approximate surface area is 311 Å². The molecule has 1 aliphatic rings. The van der Waals surface area contributed by atoms with Crippen molar-refractivity contribution < 1.29 is 52.7 Å². The van der Waals surface area contributed by atoms with E-state index >= 15 is 0 Å². The molecule has 0 aliphatic carbocycles. The SMILES string of the molecule is COc1ccc(I(OS(=O)(=O)C(F)(F)F)c2cc(CN(C(=O)OC(C)(C)C)C(=NC(=O)OC(C)(C)C)N3CN(C)C(=O)N(C)C3)ccc2Br)cc1. The van der Waals surface area contributed by atoms with Crippen molar-refractivity contribution in [3.63, 3.8) is 0 Å². The summed E-state index contributed by atoms with van der Waals surface area (Å²) in [6, 6.07) is 9.83. The van der Waals surface area contributed by atoms with Crippen molar-refractivity contribution in [2.45, 2.75) is 64.8 Å². The van der Waals surface area contributed by atoms with Gasteiger partial charge in [0.1, 0.15) is 0 Å². The van der Waals surface area contributed by atoms with Crippen LogP contribution < -0.4 is 4.74 Å². The van der Waals surface area contributed by atoms with Gasteiger partial charge in [-0.15, -0.1) is 0 Å². The van der Waals surface area contributed by atoms with Gasteiger partial charge >= 0.3 is 312 Å². The molecule has 0 spiro atoms. The molecule has 14 nitrogen and oxygen atoms in total. The van der Waals surface area contributed by atoms with Gasteiger partial charge in [-0.3, -0.25) is 0 Å². The Morgan fingerprint density at radius 2 is 1.49 bits per heavy atom. The maximum atomic E-state index is 13.9. The fourth-order valence-electron chi connectivity index (χ4n) is 4.24. The Balaban J connectivity index is 2.23. The van der Waals surface area contributed by atoms with Gasteiger partial charge in [-0.05, 0) is 0 Å². The third kappa shape index (κ3) is 11.6. The molecular weight excluding hydrogens is 882 g/mol. The van der Waals surface area contributed by atoms with Crippen molar-refractivity contribution in [1.29, 1.82) is 0 Å². The number of guanidine groups is 1. The summed E-state index contributed by atoms with van der Waals surface area (Å²) in [7, 11) is -1.64. The molecule has 1 aliphatic heterocycles. The van der Waals surface area contributed by atoms with E-state index in [9.17, 15) is 36.0 Å². The molecule has 1 fully saturated rings. The summed E-state index contributed by atoms with van der Waals surface area (Å²) in [5.74, 6) is 0.122. The first-order chi connectivity index (χ1) is 23.3. The molecule has 0 atom stereocenters. The van der Waals surface area contributed by atoms with Crippen molar-refractivity contribution in [2.24, 2.45) is 4.99 Å². The predicted molar refractivity (Wildman–Crippen MR) is 193 cm³/mol. The Hall–Kier alpha value is -3.37. The zero-order chi connectivity index (χ0) is 38.7. The van der Waals surface area contributed by atoms with Crippen LogP contribution in [0.1, 0.15) is 47.1 Å². The van der Waals surface area contributed by atoms with Crippen LogP contribution in [0.25, 0.3) is 0 Å². The van der Waals surface area contributed by atoms with Crippen molar-refractivity contribution >= 4 is 70.5 Å². The number of halogens is 5. The number of rotatable bonds is 7. The summed E-state index contributed by atoms with van der Waals surface area (Å²) in [6.07, 6.45) is -2.01. The molecular formula is C31H40BrF3IN5O9S. The minimum atomic E-state index is -6.05. The quantitative estimate of drug-likeness (QED) is 0.123. The van der Waals surface area contributed by atoms with Gasteiger partial charge in [-0.25, -0.2) is 0 Å². The molecule has 2 aromatic rings. The molecule has 51 heavy (non-hydrogen) atoms. The van der Waals surface area contributed by atoms with E-state index in [2.05, 4.69) is 20.9 Å². The molecule has 0 radical (unpaired) electrons. The number of carbonyl (C=O) groups is 3. The van der Waals surface area contributed by atoms with Crippen LogP contribution in [0, 0.1) is 7.14 Å². The molecule has 284 valence electrons. The van der Waals surface area contributed by atoms with Crippen LogP contribution in [0.2, 0.25) is 0 Å². The van der Waals surface area contributed by atoms with Gasteiger partial charge in [0.15, 0.2) is 0 Å². The van der Waals surface area contributed by atoms with Gasteiger partial charge in [0.2, 0.25) is 0 Å². The number of alkyl halides is 3. The number of carbonyl (C=O) groups excluding carboxylic acids is 3. The summed E-state index contributed by atoms with van der Waals surface area (Å²) in [5, 5.41) is 0. The van der Waals surface area contributed by atoms with Crippen molar-refractivity contribution in [3.05, 3.63) is 59.6 Å². The number of nitrogens with zero attached hydrogens (tertiary/aromatic N) is 5. The van der Waals surface area contributed by atoms with Crippen LogP contribution in [0.15, 0.2) is 51.9 Å². The molecule has 2 aromatic carbocycles. The van der Waals surface area contributed by atoms with Gasteiger partial charge in [0.05, 0.1) is 0 Å². The molecule has 1 heterocycles. The van der Waals surface area contributed by atoms with Crippen molar-refractivity contribution in [2.75, 3.05) is 34.5 Å². The van der Waals surface area contributed by atoms with Crippen LogP contribution >= 0.6 is 36.2 Å². The number of ether oxygens (including phenoxy) is 3. The number of hydrogen-bond donors (Lipinski definition) is 0. The molecule has 0 unspecified atom stereocenters. The average Bonchev–Trinajstić information content (AvgIpc) is 2.98. The fourth-order valence-corrected chi connectivity index (χ4v) is 12.0. The molecule has 4 amide bonds. The van der Waals surface area contributed by atoms with Crippen LogP contribution in [-0.4, -0.2) is 103 Å². The van der Waals surface area contributed by atoms with Crippen molar-refractivity contribution in [1.82, 2.24) is 19.6 Å². The molecule has 3 rings (SSSR count). The van der Waals surface area contributed by atoms with E-state index in [0.717, 1.165) is 4.90 Å². The normalized spacial score (nSPS) is 15.1. The number of benzene rings is 2. The van der Waals surface area contributed by atoms with Crippen LogP contribution in [0.4, 0.5) is 27.6 Å². The fraction of sp³-hybridized carbons (Fsp3) is 0.484. The summed E-state index contributed by atoms with van der Waals surface area (Å²) in [4.78, 5) is 48.9. The molecule has 0 saturated carbocycles. The van der Waals surface area contributed by atoms with E-state index in [1.807, 2.05) is 0 Å². The van der Waals surface area contributed by atoms with Crippen LogP contribution in [0.3, 0.4) is 0 Å². The van der Waals surface area contributed by atoms with Gasteiger partial charge in [0, 0.05) is 0 Å². The second-order valence-corrected chi connectivity index (χ2v) is 20.3. The van der Waals surface area contributed by atoms with E-state index in [1.165, 1.54) is 78.4 Å². The van der Waals surface area contributed by atoms with Gasteiger partial charge in [-0.2, -0.15) is 0 Å². The molecule has 0 aromatic heterocycles. The minimum absolute atomic E-state index is 0.104. The number of amides is 4. The zero-order valence-corrected chi connectivity index (χ0v) is 33.9. The summed E-state index contributed by atoms with van der Waals surface area (Å²) < 4.78 is 87.3. The Morgan fingerprint density at radius 1 is 0.941 bits per heavy atom. The first-order valence-electron chi connectivity index (χ1n) is 15.0. The van der Waals surface area contributed by atoms with Crippen molar-refractivity contribution in [3.8, 4) is 5.75 Å². The zero-order valence-electron chi connectivity index (χ0n) is 29.4. The molecule has 0 N–H and O–H groups in total.